The van der Waals surface area contributed by atoms with Crippen molar-refractivity contribution in [3.8, 4) is 11.3 Å². The van der Waals surface area contributed by atoms with Gasteiger partial charge in [0.25, 0.3) is 10.0 Å². The number of hydrogen-bond donors (Lipinski definition) is 1. The third kappa shape index (κ3) is 3.34. The molecule has 0 bridgehead atoms. The maximum Gasteiger partial charge on any atom is 0.261 e. The van der Waals surface area contributed by atoms with Crippen molar-refractivity contribution in [1.82, 2.24) is 9.55 Å². The summed E-state index contributed by atoms with van der Waals surface area (Å²) in [6.07, 6.45) is 5.24. The third-order valence-electron chi connectivity index (χ3n) is 4.46. The predicted molar refractivity (Wildman–Crippen MR) is 103 cm³/mol. The number of benzene rings is 2. The van der Waals surface area contributed by atoms with Gasteiger partial charge < -0.3 is 4.57 Å². The van der Waals surface area contributed by atoms with Crippen LogP contribution in [0, 0.1) is 0 Å². The van der Waals surface area contributed by atoms with E-state index in [2.05, 4.69) is 9.29 Å². The number of aromatic nitrogens is 2. The van der Waals surface area contributed by atoms with Crippen LogP contribution in [0.15, 0.2) is 59.6 Å². The van der Waals surface area contributed by atoms with E-state index < -0.39 is 10.0 Å². The smallest absolute Gasteiger partial charge is 0.261 e. The van der Waals surface area contributed by atoms with E-state index in [-0.39, 0.29) is 4.90 Å². The van der Waals surface area contributed by atoms with E-state index >= 15 is 0 Å². The van der Waals surface area contributed by atoms with Crippen LogP contribution in [0.1, 0.15) is 18.7 Å². The number of para-hydroxylation sites is 1. The van der Waals surface area contributed by atoms with Gasteiger partial charge in [-0.15, -0.1) is 0 Å². The number of halogens is 1. The van der Waals surface area contributed by atoms with Crippen LogP contribution in [0.2, 0.25) is 5.02 Å². The number of aryl methyl sites for hydroxylation is 2. The molecule has 0 radical (unpaired) electrons. The molecule has 1 aromatic heterocycles. The van der Waals surface area contributed by atoms with Crippen LogP contribution in [0.3, 0.4) is 0 Å². The molecule has 0 amide bonds. The van der Waals surface area contributed by atoms with Crippen LogP contribution in [-0.2, 0) is 23.0 Å². The molecule has 1 N–H and O–H groups in total. The molecule has 2 aromatic carbocycles. The van der Waals surface area contributed by atoms with Crippen molar-refractivity contribution < 1.29 is 8.42 Å². The second-order valence-electron chi connectivity index (χ2n) is 6.30. The average Bonchev–Trinajstić information content (AvgIpc) is 3.06. The summed E-state index contributed by atoms with van der Waals surface area (Å²) >= 11 is 5.93. The van der Waals surface area contributed by atoms with Crippen LogP contribution in [0.5, 0.6) is 0 Å². The molecule has 26 heavy (non-hydrogen) atoms. The van der Waals surface area contributed by atoms with Crippen LogP contribution in [-0.4, -0.2) is 18.0 Å². The fraction of sp³-hybridized carbons (Fsp3) is 0.211. The predicted octanol–water partition coefficient (Wildman–Crippen LogP) is 4.34. The molecular weight excluding hydrogens is 370 g/mol. The van der Waals surface area contributed by atoms with E-state index in [4.69, 9.17) is 16.6 Å². The molecule has 3 aromatic rings. The fourth-order valence-corrected chi connectivity index (χ4v) is 4.56. The van der Waals surface area contributed by atoms with Crippen LogP contribution in [0.4, 0.5) is 5.69 Å². The average molecular weight is 388 g/mol. The van der Waals surface area contributed by atoms with Gasteiger partial charge in [-0.25, -0.2) is 13.4 Å². The fourth-order valence-electron chi connectivity index (χ4n) is 3.18. The van der Waals surface area contributed by atoms with E-state index in [0.29, 0.717) is 10.7 Å². The summed E-state index contributed by atoms with van der Waals surface area (Å²) in [6.45, 7) is 0.957. The summed E-state index contributed by atoms with van der Waals surface area (Å²) in [6, 6.07) is 13.5. The van der Waals surface area contributed by atoms with E-state index in [1.807, 2.05) is 18.3 Å². The van der Waals surface area contributed by atoms with Crippen LogP contribution in [0.25, 0.3) is 11.3 Å². The van der Waals surface area contributed by atoms with Gasteiger partial charge in [0.2, 0.25) is 0 Å². The Hall–Kier alpha value is -2.31. The first-order valence-electron chi connectivity index (χ1n) is 8.47. The highest BCUT2D eigenvalue weighted by atomic mass is 35.5. The van der Waals surface area contributed by atoms with Gasteiger partial charge in [0.15, 0.2) is 0 Å². The molecule has 1 aliphatic heterocycles. The Bertz CT molecular complexity index is 1040. The van der Waals surface area contributed by atoms with Crippen LogP contribution >= 0.6 is 11.6 Å². The molecule has 1 aliphatic rings. The Morgan fingerprint density at radius 3 is 2.73 bits per heavy atom. The highest BCUT2D eigenvalue weighted by molar-refractivity contribution is 7.92. The molecule has 0 spiro atoms. The minimum atomic E-state index is -3.74. The molecule has 134 valence electrons. The molecular formula is C19H18ClN3O2S. The van der Waals surface area contributed by atoms with Gasteiger partial charge in [-0.2, -0.15) is 0 Å². The summed E-state index contributed by atoms with van der Waals surface area (Å²) in [7, 11) is -3.74. The minimum absolute atomic E-state index is 0.129. The van der Waals surface area contributed by atoms with Crippen molar-refractivity contribution in [2.45, 2.75) is 30.7 Å². The summed E-state index contributed by atoms with van der Waals surface area (Å²) in [5, 5.41) is 0.378. The Labute approximate surface area is 157 Å². The number of nitrogens with zero attached hydrogens (tertiary/aromatic N) is 2. The third-order valence-corrected chi connectivity index (χ3v) is 6.06. The molecule has 2 heterocycles. The van der Waals surface area contributed by atoms with Crippen molar-refractivity contribution in [3.63, 3.8) is 0 Å². The molecule has 5 nitrogen and oxygen atoms in total. The van der Waals surface area contributed by atoms with Crippen LogP contribution < -0.4 is 4.72 Å². The number of anilines is 1. The van der Waals surface area contributed by atoms with E-state index in [0.717, 1.165) is 42.9 Å². The summed E-state index contributed by atoms with van der Waals surface area (Å²) in [4.78, 5) is 4.83. The zero-order valence-electron chi connectivity index (χ0n) is 14.0. The number of sulfonamides is 1. The number of nitrogens with one attached hydrogen (secondary N) is 1. The van der Waals surface area contributed by atoms with E-state index in [9.17, 15) is 8.42 Å². The topological polar surface area (TPSA) is 64.0 Å². The van der Waals surface area contributed by atoms with Crippen molar-refractivity contribution in [3.05, 3.63) is 65.6 Å². The first-order valence-corrected chi connectivity index (χ1v) is 10.3. The second-order valence-corrected chi connectivity index (χ2v) is 8.42. The SMILES string of the molecule is O=S(=O)(Nc1ccccc1-c1cn2c(n1)CCCC2)c1cccc(Cl)c1. The lowest BCUT2D eigenvalue weighted by molar-refractivity contribution is 0.522. The van der Waals surface area contributed by atoms with E-state index in [1.54, 1.807) is 24.3 Å². The number of rotatable bonds is 4. The molecule has 4 rings (SSSR count). The lowest BCUT2D eigenvalue weighted by atomic mass is 10.1. The zero-order chi connectivity index (χ0) is 18.1. The Kier molecular flexibility index (Phi) is 4.46. The highest BCUT2D eigenvalue weighted by Crippen LogP contribution is 2.30. The standard InChI is InChI=1S/C19H18ClN3O2S/c20-14-6-5-7-15(12-14)26(24,25)22-17-9-2-1-8-16(17)18-13-23-11-4-3-10-19(23)21-18/h1-2,5-9,12-13,22H,3-4,10-11H2. The number of imidazole rings is 1. The maximum atomic E-state index is 12.7. The first-order chi connectivity index (χ1) is 12.5. The van der Waals surface area contributed by atoms with Gasteiger partial charge in [0.1, 0.15) is 5.82 Å². The quantitative estimate of drug-likeness (QED) is 0.724. The van der Waals surface area contributed by atoms with Crippen molar-refractivity contribution in [2.75, 3.05) is 4.72 Å². The normalized spacial score (nSPS) is 14.0. The zero-order valence-corrected chi connectivity index (χ0v) is 15.6. The maximum absolute atomic E-state index is 12.7. The Balaban J connectivity index is 1.71. The molecule has 0 saturated heterocycles. The van der Waals surface area contributed by atoms with Gasteiger partial charge in [-0.05, 0) is 37.1 Å². The minimum Gasteiger partial charge on any atom is -0.334 e. The van der Waals surface area contributed by atoms with Gasteiger partial charge in [-0.3, -0.25) is 4.72 Å². The van der Waals surface area contributed by atoms with Gasteiger partial charge in [-0.1, -0.05) is 35.9 Å². The van der Waals surface area contributed by atoms with Gasteiger partial charge in [0, 0.05) is 29.7 Å². The second kappa shape index (κ2) is 6.78. The molecule has 0 atom stereocenters. The molecule has 7 heteroatoms. The highest BCUT2D eigenvalue weighted by Gasteiger charge is 2.19. The molecule has 0 aliphatic carbocycles. The van der Waals surface area contributed by atoms with Crippen molar-refractivity contribution >= 4 is 27.3 Å². The van der Waals surface area contributed by atoms with E-state index in [1.165, 1.54) is 12.1 Å². The summed E-state index contributed by atoms with van der Waals surface area (Å²) < 4.78 is 30.3. The lowest BCUT2D eigenvalue weighted by Crippen LogP contribution is -2.13. The van der Waals surface area contributed by atoms with Gasteiger partial charge in [0.05, 0.1) is 16.3 Å². The monoisotopic (exact) mass is 387 g/mol. The van der Waals surface area contributed by atoms with Crippen molar-refractivity contribution in [1.29, 1.82) is 0 Å². The summed E-state index contributed by atoms with van der Waals surface area (Å²) in [5.41, 5.74) is 2.05. The van der Waals surface area contributed by atoms with Crippen molar-refractivity contribution in [2.24, 2.45) is 0 Å². The largest absolute Gasteiger partial charge is 0.334 e. The number of fused-ring (bicyclic) bond motifs is 1. The Morgan fingerprint density at radius 2 is 1.92 bits per heavy atom. The Morgan fingerprint density at radius 1 is 1.08 bits per heavy atom. The molecule has 0 unspecified atom stereocenters. The molecule has 0 fully saturated rings. The summed E-state index contributed by atoms with van der Waals surface area (Å²) in [5.74, 6) is 1.05. The lowest BCUT2D eigenvalue weighted by Gasteiger charge is -2.12. The van der Waals surface area contributed by atoms with Gasteiger partial charge >= 0.3 is 0 Å². The first kappa shape index (κ1) is 17.1. The number of hydrogen-bond acceptors (Lipinski definition) is 3. The molecule has 0 saturated carbocycles.